The number of aryl methyl sites for hydroxylation is 1. The first-order valence-corrected chi connectivity index (χ1v) is 7.08. The van der Waals surface area contributed by atoms with Gasteiger partial charge in [0.05, 0.1) is 0 Å². The average molecular weight is 293 g/mol. The van der Waals surface area contributed by atoms with E-state index in [0.29, 0.717) is 5.92 Å². The second kappa shape index (κ2) is 6.01. The van der Waals surface area contributed by atoms with Crippen LogP contribution in [-0.4, -0.2) is 14.9 Å². The summed E-state index contributed by atoms with van der Waals surface area (Å²) in [5.74, 6) is 1.66. The summed E-state index contributed by atoms with van der Waals surface area (Å²) in [5, 5.41) is 0.971. The zero-order valence-corrected chi connectivity index (χ0v) is 11.6. The zero-order valence-electron chi connectivity index (χ0n) is 10.0. The van der Waals surface area contributed by atoms with Crippen molar-refractivity contribution < 1.29 is 0 Å². The summed E-state index contributed by atoms with van der Waals surface area (Å²) < 4.78 is 2.25. The molecular weight excluding hydrogens is 276 g/mol. The Morgan fingerprint density at radius 3 is 2.71 bits per heavy atom. The highest BCUT2D eigenvalue weighted by Gasteiger charge is 2.12. The average Bonchev–Trinajstić information content (AvgIpc) is 2.84. The van der Waals surface area contributed by atoms with Crippen LogP contribution in [0.3, 0.4) is 0 Å². The van der Waals surface area contributed by atoms with Crippen LogP contribution in [0.25, 0.3) is 0 Å². The van der Waals surface area contributed by atoms with Gasteiger partial charge in [-0.2, -0.15) is 0 Å². The van der Waals surface area contributed by atoms with E-state index in [-0.39, 0.29) is 0 Å². The molecule has 0 aliphatic carbocycles. The standard InChI is InChI=1S/C14H17BrN2/c1-2-14-16-8-9-17(14)11-13(10-15)12-6-4-3-5-7-12/h3-9,13H,2,10-11H2,1H3. The third-order valence-corrected chi connectivity index (χ3v) is 3.77. The molecule has 0 aliphatic heterocycles. The van der Waals surface area contributed by atoms with Crippen molar-refractivity contribution in [3.05, 3.63) is 54.1 Å². The molecule has 90 valence electrons. The first kappa shape index (κ1) is 12.4. The topological polar surface area (TPSA) is 17.8 Å². The summed E-state index contributed by atoms with van der Waals surface area (Å²) in [7, 11) is 0. The van der Waals surface area contributed by atoms with Crippen LogP contribution in [0.2, 0.25) is 0 Å². The van der Waals surface area contributed by atoms with Crippen molar-refractivity contribution in [1.29, 1.82) is 0 Å². The molecular formula is C14H17BrN2. The molecule has 0 bridgehead atoms. The van der Waals surface area contributed by atoms with Crippen molar-refractivity contribution in [3.8, 4) is 0 Å². The number of nitrogens with zero attached hydrogens (tertiary/aromatic N) is 2. The van der Waals surface area contributed by atoms with E-state index < -0.39 is 0 Å². The van der Waals surface area contributed by atoms with E-state index in [9.17, 15) is 0 Å². The Kier molecular flexibility index (Phi) is 4.37. The Hall–Kier alpha value is -1.09. The van der Waals surface area contributed by atoms with Gasteiger partial charge in [0, 0.05) is 36.6 Å². The van der Waals surface area contributed by atoms with Crippen LogP contribution in [0.1, 0.15) is 24.2 Å². The molecule has 2 rings (SSSR count). The maximum atomic E-state index is 4.36. The van der Waals surface area contributed by atoms with E-state index in [1.807, 2.05) is 6.20 Å². The number of rotatable bonds is 5. The highest BCUT2D eigenvalue weighted by atomic mass is 79.9. The zero-order chi connectivity index (χ0) is 12.1. The molecule has 0 N–H and O–H groups in total. The van der Waals surface area contributed by atoms with Gasteiger partial charge in [-0.3, -0.25) is 0 Å². The molecule has 1 aromatic heterocycles. The van der Waals surface area contributed by atoms with Crippen molar-refractivity contribution in [2.75, 3.05) is 5.33 Å². The molecule has 0 saturated heterocycles. The Morgan fingerprint density at radius 2 is 2.06 bits per heavy atom. The molecule has 2 aromatic rings. The predicted molar refractivity (Wildman–Crippen MR) is 74.6 cm³/mol. The predicted octanol–water partition coefficient (Wildman–Crippen LogP) is 3.62. The number of hydrogen-bond donors (Lipinski definition) is 0. The lowest BCUT2D eigenvalue weighted by molar-refractivity contribution is 0.582. The minimum Gasteiger partial charge on any atom is -0.334 e. The van der Waals surface area contributed by atoms with Crippen LogP contribution < -0.4 is 0 Å². The number of aromatic nitrogens is 2. The van der Waals surface area contributed by atoms with Crippen molar-refractivity contribution >= 4 is 15.9 Å². The lowest BCUT2D eigenvalue weighted by Gasteiger charge is -2.16. The summed E-state index contributed by atoms with van der Waals surface area (Å²) >= 11 is 3.61. The molecule has 3 heteroatoms. The molecule has 0 aliphatic rings. The van der Waals surface area contributed by atoms with Crippen molar-refractivity contribution in [1.82, 2.24) is 9.55 Å². The molecule has 1 heterocycles. The summed E-state index contributed by atoms with van der Waals surface area (Å²) in [6.45, 7) is 3.13. The van der Waals surface area contributed by atoms with E-state index in [0.717, 1.165) is 24.1 Å². The van der Waals surface area contributed by atoms with Crippen molar-refractivity contribution in [2.45, 2.75) is 25.8 Å². The van der Waals surface area contributed by atoms with Crippen LogP contribution >= 0.6 is 15.9 Å². The fourth-order valence-electron chi connectivity index (χ4n) is 2.03. The number of alkyl halides is 1. The Labute approximate surface area is 111 Å². The molecule has 0 radical (unpaired) electrons. The lowest BCUT2D eigenvalue weighted by Crippen LogP contribution is -2.12. The van der Waals surface area contributed by atoms with E-state index in [1.54, 1.807) is 0 Å². The van der Waals surface area contributed by atoms with Gasteiger partial charge < -0.3 is 4.57 Å². The third-order valence-electron chi connectivity index (χ3n) is 2.99. The molecule has 17 heavy (non-hydrogen) atoms. The van der Waals surface area contributed by atoms with Crippen molar-refractivity contribution in [3.63, 3.8) is 0 Å². The second-order valence-corrected chi connectivity index (χ2v) is 4.76. The summed E-state index contributed by atoms with van der Waals surface area (Å²) in [6, 6.07) is 10.6. The minimum atomic E-state index is 0.496. The fraction of sp³-hybridized carbons (Fsp3) is 0.357. The summed E-state index contributed by atoms with van der Waals surface area (Å²) in [6.07, 6.45) is 4.93. The van der Waals surface area contributed by atoms with E-state index in [1.165, 1.54) is 5.56 Å². The van der Waals surface area contributed by atoms with E-state index >= 15 is 0 Å². The van der Waals surface area contributed by atoms with E-state index in [2.05, 4.69) is 68.9 Å². The van der Waals surface area contributed by atoms with Crippen LogP contribution in [0.5, 0.6) is 0 Å². The smallest absolute Gasteiger partial charge is 0.108 e. The minimum absolute atomic E-state index is 0.496. The number of benzene rings is 1. The Balaban J connectivity index is 2.16. The first-order valence-electron chi connectivity index (χ1n) is 5.96. The highest BCUT2D eigenvalue weighted by Crippen LogP contribution is 2.20. The molecule has 2 nitrogen and oxygen atoms in total. The molecule has 0 saturated carbocycles. The van der Waals surface area contributed by atoms with Gasteiger partial charge in [-0.1, -0.05) is 53.2 Å². The van der Waals surface area contributed by atoms with Gasteiger partial charge in [0.25, 0.3) is 0 Å². The molecule has 0 fully saturated rings. The van der Waals surface area contributed by atoms with Gasteiger partial charge in [0.1, 0.15) is 5.82 Å². The maximum absolute atomic E-state index is 4.36. The van der Waals surface area contributed by atoms with Crippen LogP contribution in [0.4, 0.5) is 0 Å². The van der Waals surface area contributed by atoms with Crippen LogP contribution in [-0.2, 0) is 13.0 Å². The summed E-state index contributed by atoms with van der Waals surface area (Å²) in [5.41, 5.74) is 1.38. The Bertz CT molecular complexity index is 450. The third kappa shape index (κ3) is 2.97. The highest BCUT2D eigenvalue weighted by molar-refractivity contribution is 9.09. The monoisotopic (exact) mass is 292 g/mol. The van der Waals surface area contributed by atoms with Gasteiger partial charge >= 0.3 is 0 Å². The number of imidazole rings is 1. The van der Waals surface area contributed by atoms with Crippen molar-refractivity contribution in [2.24, 2.45) is 0 Å². The van der Waals surface area contributed by atoms with Gasteiger partial charge in [-0.15, -0.1) is 0 Å². The normalized spacial score (nSPS) is 12.6. The summed E-state index contributed by atoms with van der Waals surface area (Å²) in [4.78, 5) is 4.36. The molecule has 0 amide bonds. The first-order chi connectivity index (χ1) is 8.35. The number of hydrogen-bond acceptors (Lipinski definition) is 1. The van der Waals surface area contributed by atoms with Crippen LogP contribution in [0, 0.1) is 0 Å². The largest absolute Gasteiger partial charge is 0.334 e. The van der Waals surface area contributed by atoms with Gasteiger partial charge in [0.2, 0.25) is 0 Å². The van der Waals surface area contributed by atoms with Crippen LogP contribution in [0.15, 0.2) is 42.7 Å². The lowest BCUT2D eigenvalue weighted by atomic mass is 10.0. The molecule has 0 spiro atoms. The van der Waals surface area contributed by atoms with Gasteiger partial charge in [0.15, 0.2) is 0 Å². The van der Waals surface area contributed by atoms with Gasteiger partial charge in [-0.05, 0) is 5.56 Å². The molecule has 1 aromatic carbocycles. The molecule has 1 atom stereocenters. The Morgan fingerprint density at radius 1 is 1.29 bits per heavy atom. The number of halogens is 1. The fourth-order valence-corrected chi connectivity index (χ4v) is 2.61. The quantitative estimate of drug-likeness (QED) is 0.770. The van der Waals surface area contributed by atoms with Gasteiger partial charge in [-0.25, -0.2) is 4.98 Å². The maximum Gasteiger partial charge on any atom is 0.108 e. The molecule has 1 unspecified atom stereocenters. The van der Waals surface area contributed by atoms with E-state index in [4.69, 9.17) is 0 Å². The second-order valence-electron chi connectivity index (χ2n) is 4.11. The SMILES string of the molecule is CCc1nccn1CC(CBr)c1ccccc1.